The molecule has 5 N–H and O–H groups in total. The number of imide groups is 1. The molecule has 0 spiro atoms. The van der Waals surface area contributed by atoms with Crippen molar-refractivity contribution >= 4 is 29.2 Å². The number of alkyl halides is 3. The minimum atomic E-state index is -4.79. The number of nitrogens with two attached hydrogens (primary N) is 1. The van der Waals surface area contributed by atoms with E-state index in [1.165, 1.54) is 18.2 Å². The first kappa shape index (κ1) is 20.7. The maximum Gasteiger partial charge on any atom is 0.418 e. The number of halogens is 4. The molecule has 28 heavy (non-hydrogen) atoms. The van der Waals surface area contributed by atoms with E-state index in [2.05, 4.69) is 10.6 Å². The van der Waals surface area contributed by atoms with E-state index < -0.39 is 47.6 Å². The average Bonchev–Trinajstić information content (AvgIpc) is 2.59. The maximum atomic E-state index is 13.3. The largest absolute Gasteiger partial charge is 0.418 e. The Kier molecular flexibility index (Phi) is 6.18. The van der Waals surface area contributed by atoms with Crippen molar-refractivity contribution in [2.75, 3.05) is 17.2 Å². The van der Waals surface area contributed by atoms with Gasteiger partial charge in [0.25, 0.3) is 5.91 Å². The third-order valence-corrected chi connectivity index (χ3v) is 3.39. The van der Waals surface area contributed by atoms with E-state index in [4.69, 9.17) is 5.73 Å². The number of nitrogens with one attached hydrogen (secondary N) is 3. The molecule has 4 amide bonds. The number of hydrogen-bond acceptors (Lipinski definition) is 4. The lowest BCUT2D eigenvalue weighted by atomic mass is 10.1. The fourth-order valence-electron chi connectivity index (χ4n) is 2.17. The second-order valence-corrected chi connectivity index (χ2v) is 5.49. The van der Waals surface area contributed by atoms with Crippen molar-refractivity contribution in [3.05, 3.63) is 59.4 Å². The molecule has 0 aliphatic rings. The Balaban J connectivity index is 2.19. The van der Waals surface area contributed by atoms with Gasteiger partial charge in [0.2, 0.25) is 5.91 Å². The predicted molar refractivity (Wildman–Crippen MR) is 92.0 cm³/mol. The number of carbonyl (C=O) groups is 3. The summed E-state index contributed by atoms with van der Waals surface area (Å²) >= 11 is 0. The van der Waals surface area contributed by atoms with Crippen molar-refractivity contribution in [3.63, 3.8) is 0 Å². The van der Waals surface area contributed by atoms with E-state index in [0.29, 0.717) is 6.07 Å². The summed E-state index contributed by atoms with van der Waals surface area (Å²) in [5.41, 5.74) is 3.06. The van der Waals surface area contributed by atoms with Crippen LogP contribution in [-0.2, 0) is 11.0 Å². The zero-order chi connectivity index (χ0) is 20.9. The number of rotatable bonds is 5. The molecule has 2 aromatic carbocycles. The van der Waals surface area contributed by atoms with Crippen LogP contribution in [0.2, 0.25) is 0 Å². The lowest BCUT2D eigenvalue weighted by Gasteiger charge is -2.16. The fourth-order valence-corrected chi connectivity index (χ4v) is 2.17. The summed E-state index contributed by atoms with van der Waals surface area (Å²) in [5.74, 6) is -2.21. The van der Waals surface area contributed by atoms with Crippen LogP contribution in [0.25, 0.3) is 0 Å². The Morgan fingerprint density at radius 1 is 1.00 bits per heavy atom. The van der Waals surface area contributed by atoms with Gasteiger partial charge in [0.1, 0.15) is 5.82 Å². The maximum absolute atomic E-state index is 13.3. The molecule has 2 aromatic rings. The van der Waals surface area contributed by atoms with Gasteiger partial charge in [-0.3, -0.25) is 14.9 Å². The molecule has 0 aromatic heterocycles. The average molecular weight is 398 g/mol. The van der Waals surface area contributed by atoms with Crippen molar-refractivity contribution < 1.29 is 31.9 Å². The zero-order valence-electron chi connectivity index (χ0n) is 14.1. The van der Waals surface area contributed by atoms with Crippen LogP contribution >= 0.6 is 0 Å². The Morgan fingerprint density at radius 3 is 2.21 bits per heavy atom. The number of carbonyl (C=O) groups excluding carboxylic acids is 3. The van der Waals surface area contributed by atoms with Crippen LogP contribution in [0.1, 0.15) is 15.9 Å². The van der Waals surface area contributed by atoms with Gasteiger partial charge in [-0.1, -0.05) is 0 Å². The molecule has 0 atom stereocenters. The lowest BCUT2D eigenvalue weighted by Crippen LogP contribution is -2.38. The Hall–Kier alpha value is -3.63. The third-order valence-electron chi connectivity index (χ3n) is 3.39. The molecule has 7 nitrogen and oxygen atoms in total. The zero-order valence-corrected chi connectivity index (χ0v) is 14.1. The van der Waals surface area contributed by atoms with E-state index in [1.807, 2.05) is 0 Å². The van der Waals surface area contributed by atoms with Crippen LogP contribution in [0, 0.1) is 5.82 Å². The van der Waals surface area contributed by atoms with Gasteiger partial charge in [-0.2, -0.15) is 13.2 Å². The molecule has 0 heterocycles. The number of urea groups is 1. The van der Waals surface area contributed by atoms with E-state index in [-0.39, 0.29) is 11.3 Å². The van der Waals surface area contributed by atoms with Gasteiger partial charge in [-0.25, -0.2) is 9.18 Å². The van der Waals surface area contributed by atoms with Gasteiger partial charge in [0, 0.05) is 16.9 Å². The molecule has 148 valence electrons. The van der Waals surface area contributed by atoms with Crippen molar-refractivity contribution in [3.8, 4) is 0 Å². The standard InChI is InChI=1S/C17H14F4N4O3/c18-10-3-1-9(2-4-10)15(27)24-11-5-6-13(12(7-11)17(19,20)21)23-8-14(26)25-16(22)28/h1-7,23H,8H2,(H,24,27)(H3,22,25,26,28). The Labute approximate surface area is 155 Å². The van der Waals surface area contributed by atoms with Crippen LogP contribution in [0.5, 0.6) is 0 Å². The SMILES string of the molecule is NC(=O)NC(=O)CNc1ccc(NC(=O)c2ccc(F)cc2)cc1C(F)(F)F. The monoisotopic (exact) mass is 398 g/mol. The third kappa shape index (κ3) is 5.69. The number of benzene rings is 2. The van der Waals surface area contributed by atoms with Crippen LogP contribution < -0.4 is 21.7 Å². The van der Waals surface area contributed by atoms with Crippen LogP contribution in [0.15, 0.2) is 42.5 Å². The summed E-state index contributed by atoms with van der Waals surface area (Å²) < 4.78 is 52.8. The quantitative estimate of drug-likeness (QED) is 0.580. The highest BCUT2D eigenvalue weighted by molar-refractivity contribution is 6.04. The van der Waals surface area contributed by atoms with E-state index in [9.17, 15) is 31.9 Å². The van der Waals surface area contributed by atoms with Crippen molar-refractivity contribution in [1.29, 1.82) is 0 Å². The predicted octanol–water partition coefficient (Wildman–Crippen LogP) is 2.70. The molecular formula is C17H14F4N4O3. The molecule has 11 heteroatoms. The van der Waals surface area contributed by atoms with E-state index >= 15 is 0 Å². The van der Waals surface area contributed by atoms with Gasteiger partial charge < -0.3 is 16.4 Å². The fraction of sp³-hybridized carbons (Fsp3) is 0.118. The molecule has 0 saturated heterocycles. The van der Waals surface area contributed by atoms with E-state index in [1.54, 1.807) is 5.32 Å². The highest BCUT2D eigenvalue weighted by Crippen LogP contribution is 2.36. The van der Waals surface area contributed by atoms with Crippen LogP contribution in [0.3, 0.4) is 0 Å². The molecule has 0 saturated carbocycles. The van der Waals surface area contributed by atoms with Gasteiger partial charge in [-0.15, -0.1) is 0 Å². The number of anilines is 2. The second kappa shape index (κ2) is 8.37. The van der Waals surface area contributed by atoms with Crippen LogP contribution in [-0.4, -0.2) is 24.4 Å². The normalized spacial score (nSPS) is 10.9. The molecule has 0 aliphatic carbocycles. The molecular weight excluding hydrogens is 384 g/mol. The van der Waals surface area contributed by atoms with Gasteiger partial charge in [-0.05, 0) is 42.5 Å². The number of amides is 4. The first-order chi connectivity index (χ1) is 13.1. The smallest absolute Gasteiger partial charge is 0.376 e. The topological polar surface area (TPSA) is 113 Å². The van der Waals surface area contributed by atoms with E-state index in [0.717, 1.165) is 18.2 Å². The summed E-state index contributed by atoms with van der Waals surface area (Å²) in [6.45, 7) is -0.632. The van der Waals surface area contributed by atoms with Gasteiger partial charge >= 0.3 is 12.2 Å². The molecule has 0 radical (unpaired) electrons. The molecule has 0 bridgehead atoms. The lowest BCUT2D eigenvalue weighted by molar-refractivity contribution is -0.137. The molecule has 2 rings (SSSR count). The number of primary amides is 1. The van der Waals surface area contributed by atoms with Gasteiger partial charge in [0.05, 0.1) is 12.1 Å². The summed E-state index contributed by atoms with van der Waals surface area (Å²) in [7, 11) is 0. The van der Waals surface area contributed by atoms with Crippen LogP contribution in [0.4, 0.5) is 33.7 Å². The summed E-state index contributed by atoms with van der Waals surface area (Å²) in [5, 5.41) is 6.23. The summed E-state index contributed by atoms with van der Waals surface area (Å²) in [6, 6.07) is 6.19. The van der Waals surface area contributed by atoms with Crippen molar-refractivity contribution in [2.45, 2.75) is 6.18 Å². The van der Waals surface area contributed by atoms with Crippen molar-refractivity contribution in [1.82, 2.24) is 5.32 Å². The minimum Gasteiger partial charge on any atom is -0.376 e. The van der Waals surface area contributed by atoms with Gasteiger partial charge in [0.15, 0.2) is 0 Å². The first-order valence-corrected chi connectivity index (χ1v) is 7.67. The second-order valence-electron chi connectivity index (χ2n) is 5.49. The first-order valence-electron chi connectivity index (χ1n) is 7.67. The number of hydrogen-bond donors (Lipinski definition) is 4. The van der Waals surface area contributed by atoms with Crippen molar-refractivity contribution in [2.24, 2.45) is 5.73 Å². The Bertz CT molecular complexity index is 898. The Morgan fingerprint density at radius 2 is 1.64 bits per heavy atom. The minimum absolute atomic E-state index is 0.0558. The highest BCUT2D eigenvalue weighted by atomic mass is 19.4. The molecule has 0 fully saturated rings. The molecule has 0 unspecified atom stereocenters. The molecule has 0 aliphatic heterocycles. The highest BCUT2D eigenvalue weighted by Gasteiger charge is 2.34. The summed E-state index contributed by atoms with van der Waals surface area (Å²) in [4.78, 5) is 34.0. The summed E-state index contributed by atoms with van der Waals surface area (Å²) in [6.07, 6.45) is -4.79.